The number of fused-ring (bicyclic) bond motifs is 1. The third-order valence-electron chi connectivity index (χ3n) is 4.87. The highest BCUT2D eigenvalue weighted by molar-refractivity contribution is 6.05. The van der Waals surface area contributed by atoms with Gasteiger partial charge in [-0.2, -0.15) is 0 Å². The number of rotatable bonds is 1. The zero-order valence-electron chi connectivity index (χ0n) is 12.8. The summed E-state index contributed by atoms with van der Waals surface area (Å²) < 4.78 is 6.00. The van der Waals surface area contributed by atoms with Crippen molar-refractivity contribution in [3.05, 3.63) is 42.2 Å². The van der Waals surface area contributed by atoms with Crippen LogP contribution in [0.5, 0.6) is 0 Å². The molecule has 1 amide bonds. The van der Waals surface area contributed by atoms with Gasteiger partial charge in [-0.25, -0.2) is 0 Å². The van der Waals surface area contributed by atoms with Crippen LogP contribution in [0.3, 0.4) is 0 Å². The smallest absolute Gasteiger partial charge is 0.273 e. The van der Waals surface area contributed by atoms with Gasteiger partial charge in [-0.3, -0.25) is 9.78 Å². The molecule has 0 aliphatic carbocycles. The zero-order chi connectivity index (χ0) is 15.2. The van der Waals surface area contributed by atoms with Gasteiger partial charge in [-0.05, 0) is 30.2 Å². The quantitative estimate of drug-likeness (QED) is 0.812. The van der Waals surface area contributed by atoms with E-state index in [2.05, 4.69) is 11.9 Å². The minimum Gasteiger partial charge on any atom is -0.373 e. The predicted molar refractivity (Wildman–Crippen MR) is 84.7 cm³/mol. The molecule has 2 aliphatic rings. The summed E-state index contributed by atoms with van der Waals surface area (Å²) in [6.07, 6.45) is 3.71. The van der Waals surface area contributed by atoms with E-state index in [1.165, 1.54) is 0 Å². The average molecular weight is 296 g/mol. The van der Waals surface area contributed by atoms with Crippen molar-refractivity contribution < 1.29 is 9.53 Å². The van der Waals surface area contributed by atoms with Crippen LogP contribution in [-0.2, 0) is 4.74 Å². The van der Waals surface area contributed by atoms with E-state index < -0.39 is 0 Å². The second-order valence-electron chi connectivity index (χ2n) is 6.66. The summed E-state index contributed by atoms with van der Waals surface area (Å²) in [5.74, 6) is 0.613. The molecule has 0 saturated carbocycles. The minimum absolute atomic E-state index is 0.0248. The largest absolute Gasteiger partial charge is 0.373 e. The summed E-state index contributed by atoms with van der Waals surface area (Å²) in [5.41, 5.74) is 0.445. The molecule has 4 heteroatoms. The van der Waals surface area contributed by atoms with Gasteiger partial charge in [0.15, 0.2) is 0 Å². The van der Waals surface area contributed by atoms with Crippen LogP contribution in [0.4, 0.5) is 0 Å². The SMILES string of the molecule is CC1COC2(CCN(C(=O)c3nccc4ccccc34)C2)C1. The van der Waals surface area contributed by atoms with Gasteiger partial charge in [-0.15, -0.1) is 0 Å². The molecule has 22 heavy (non-hydrogen) atoms. The van der Waals surface area contributed by atoms with Gasteiger partial charge >= 0.3 is 0 Å². The van der Waals surface area contributed by atoms with Crippen LogP contribution in [0, 0.1) is 5.92 Å². The standard InChI is InChI=1S/C18H20N2O2/c1-13-10-18(22-11-13)7-9-20(12-18)17(21)16-15-5-3-2-4-14(15)6-8-19-16/h2-6,8,13H,7,9-12H2,1H3. The zero-order valence-corrected chi connectivity index (χ0v) is 12.8. The Morgan fingerprint density at radius 2 is 2.23 bits per heavy atom. The molecule has 2 fully saturated rings. The highest BCUT2D eigenvalue weighted by atomic mass is 16.5. The number of benzene rings is 1. The monoisotopic (exact) mass is 296 g/mol. The molecule has 3 heterocycles. The van der Waals surface area contributed by atoms with E-state index in [4.69, 9.17) is 4.74 Å². The van der Waals surface area contributed by atoms with E-state index in [0.29, 0.717) is 18.2 Å². The van der Waals surface area contributed by atoms with Crippen LogP contribution in [-0.4, -0.2) is 41.1 Å². The molecule has 1 spiro atoms. The number of amides is 1. The Morgan fingerprint density at radius 3 is 3.05 bits per heavy atom. The lowest BCUT2D eigenvalue weighted by Crippen LogP contribution is -2.36. The predicted octanol–water partition coefficient (Wildman–Crippen LogP) is 2.88. The van der Waals surface area contributed by atoms with Gasteiger partial charge in [-0.1, -0.05) is 31.2 Å². The molecule has 114 valence electrons. The van der Waals surface area contributed by atoms with Crippen LogP contribution in [0.15, 0.2) is 36.5 Å². The number of hydrogen-bond acceptors (Lipinski definition) is 3. The van der Waals surface area contributed by atoms with Crippen LogP contribution >= 0.6 is 0 Å². The highest BCUT2D eigenvalue weighted by Crippen LogP contribution is 2.38. The number of carbonyl (C=O) groups excluding carboxylic acids is 1. The van der Waals surface area contributed by atoms with Crippen molar-refractivity contribution in [2.24, 2.45) is 5.92 Å². The van der Waals surface area contributed by atoms with Crippen molar-refractivity contribution in [3.63, 3.8) is 0 Å². The van der Waals surface area contributed by atoms with Gasteiger partial charge in [0.1, 0.15) is 5.69 Å². The highest BCUT2D eigenvalue weighted by Gasteiger charge is 2.45. The molecule has 2 saturated heterocycles. The molecular weight excluding hydrogens is 276 g/mol. The fourth-order valence-electron chi connectivity index (χ4n) is 3.81. The first-order valence-electron chi connectivity index (χ1n) is 7.94. The van der Waals surface area contributed by atoms with E-state index in [1.54, 1.807) is 6.20 Å². The summed E-state index contributed by atoms with van der Waals surface area (Å²) in [6.45, 7) is 4.48. The van der Waals surface area contributed by atoms with Gasteiger partial charge in [0.25, 0.3) is 5.91 Å². The lowest BCUT2D eigenvalue weighted by molar-refractivity contribution is 0.0118. The molecule has 4 rings (SSSR count). The van der Waals surface area contributed by atoms with Gasteiger partial charge < -0.3 is 9.64 Å². The Kier molecular flexibility index (Phi) is 3.15. The van der Waals surface area contributed by atoms with Gasteiger partial charge in [0, 0.05) is 18.1 Å². The topological polar surface area (TPSA) is 42.4 Å². The van der Waals surface area contributed by atoms with Crippen LogP contribution < -0.4 is 0 Å². The molecule has 2 aliphatic heterocycles. The molecule has 0 radical (unpaired) electrons. The third kappa shape index (κ3) is 2.18. The molecule has 2 atom stereocenters. The summed E-state index contributed by atoms with van der Waals surface area (Å²) in [4.78, 5) is 19.1. The molecule has 4 nitrogen and oxygen atoms in total. The average Bonchev–Trinajstić information content (AvgIpc) is 3.12. The van der Waals surface area contributed by atoms with Crippen molar-refractivity contribution in [3.8, 4) is 0 Å². The molecule has 0 bridgehead atoms. The summed E-state index contributed by atoms with van der Waals surface area (Å²) >= 11 is 0. The second kappa shape index (κ2) is 5.06. The number of ether oxygens (including phenoxy) is 1. The Balaban J connectivity index is 1.62. The Hall–Kier alpha value is -1.94. The molecule has 1 aromatic carbocycles. The fourth-order valence-corrected chi connectivity index (χ4v) is 3.81. The molecular formula is C18H20N2O2. The lowest BCUT2D eigenvalue weighted by atomic mass is 9.94. The van der Waals surface area contributed by atoms with Gasteiger partial charge in [0.05, 0.1) is 18.8 Å². The summed E-state index contributed by atoms with van der Waals surface area (Å²) in [5, 5.41) is 1.98. The number of likely N-dealkylation sites (tertiary alicyclic amines) is 1. The van der Waals surface area contributed by atoms with E-state index in [0.717, 1.165) is 36.8 Å². The van der Waals surface area contributed by atoms with Crippen LogP contribution in [0.25, 0.3) is 10.8 Å². The lowest BCUT2D eigenvalue weighted by Gasteiger charge is -2.23. The van der Waals surface area contributed by atoms with Gasteiger partial charge in [0.2, 0.25) is 0 Å². The molecule has 1 aromatic heterocycles. The summed E-state index contributed by atoms with van der Waals surface area (Å²) in [6, 6.07) is 9.86. The molecule has 0 N–H and O–H groups in total. The first kappa shape index (κ1) is 13.7. The maximum absolute atomic E-state index is 12.9. The Labute approximate surface area is 130 Å². The fraction of sp³-hybridized carbons (Fsp3) is 0.444. The Bertz CT molecular complexity index is 725. The number of nitrogens with zero attached hydrogens (tertiary/aromatic N) is 2. The number of hydrogen-bond donors (Lipinski definition) is 0. The Morgan fingerprint density at radius 1 is 1.36 bits per heavy atom. The van der Waals surface area contributed by atoms with Crippen molar-refractivity contribution >= 4 is 16.7 Å². The van der Waals surface area contributed by atoms with Crippen molar-refractivity contribution in [2.45, 2.75) is 25.4 Å². The van der Waals surface area contributed by atoms with Crippen molar-refractivity contribution in [1.29, 1.82) is 0 Å². The number of carbonyl (C=O) groups is 1. The first-order chi connectivity index (χ1) is 10.7. The maximum Gasteiger partial charge on any atom is 0.273 e. The van der Waals surface area contributed by atoms with Crippen LogP contribution in [0.2, 0.25) is 0 Å². The third-order valence-corrected chi connectivity index (χ3v) is 4.87. The second-order valence-corrected chi connectivity index (χ2v) is 6.66. The molecule has 2 unspecified atom stereocenters. The minimum atomic E-state index is -0.111. The first-order valence-corrected chi connectivity index (χ1v) is 7.94. The van der Waals surface area contributed by atoms with E-state index >= 15 is 0 Å². The molecule has 2 aromatic rings. The van der Waals surface area contributed by atoms with E-state index in [9.17, 15) is 4.79 Å². The normalized spacial score (nSPS) is 27.9. The van der Waals surface area contributed by atoms with E-state index in [1.807, 2.05) is 35.2 Å². The maximum atomic E-state index is 12.9. The number of pyridine rings is 1. The van der Waals surface area contributed by atoms with Crippen molar-refractivity contribution in [2.75, 3.05) is 19.7 Å². The summed E-state index contributed by atoms with van der Waals surface area (Å²) in [7, 11) is 0. The van der Waals surface area contributed by atoms with Crippen LogP contribution in [0.1, 0.15) is 30.3 Å². The van der Waals surface area contributed by atoms with E-state index in [-0.39, 0.29) is 11.5 Å². The number of aromatic nitrogens is 1. The van der Waals surface area contributed by atoms with Crippen molar-refractivity contribution in [1.82, 2.24) is 9.88 Å².